The highest BCUT2D eigenvalue weighted by molar-refractivity contribution is 5.74. The number of aliphatic hydroxyl groups excluding tert-OH is 2. The van der Waals surface area contributed by atoms with Crippen molar-refractivity contribution < 1.29 is 24.9 Å². The van der Waals surface area contributed by atoms with E-state index in [4.69, 9.17) is 0 Å². The molecular formula is C34H45N4O5-. The van der Waals surface area contributed by atoms with Crippen LogP contribution in [0.2, 0.25) is 0 Å². The van der Waals surface area contributed by atoms with Gasteiger partial charge in [0.1, 0.15) is 6.09 Å². The number of rotatable bonds is 14. The Morgan fingerprint density at radius 3 is 1.72 bits per heavy atom. The third-order valence-corrected chi connectivity index (χ3v) is 7.37. The summed E-state index contributed by atoms with van der Waals surface area (Å²) >= 11 is 0. The van der Waals surface area contributed by atoms with E-state index in [0.29, 0.717) is 13.0 Å². The first kappa shape index (κ1) is 33.6. The number of carbonyl (C=O) groups is 2. The lowest BCUT2D eigenvalue weighted by molar-refractivity contribution is -0.275. The second-order valence-electron chi connectivity index (χ2n) is 11.9. The summed E-state index contributed by atoms with van der Waals surface area (Å²) in [4.78, 5) is 28.1. The van der Waals surface area contributed by atoms with Gasteiger partial charge >= 0.3 is 6.03 Å². The van der Waals surface area contributed by atoms with E-state index in [1.54, 1.807) is 32.7 Å². The van der Waals surface area contributed by atoms with Crippen LogP contribution in [0.5, 0.6) is 0 Å². The molecule has 3 amide bonds. The van der Waals surface area contributed by atoms with E-state index < -0.39 is 35.9 Å². The van der Waals surface area contributed by atoms with Gasteiger partial charge in [0.2, 0.25) is 0 Å². The van der Waals surface area contributed by atoms with E-state index in [0.717, 1.165) is 16.7 Å². The number of nitrogens with zero attached hydrogens (tertiary/aromatic N) is 2. The Morgan fingerprint density at radius 1 is 0.767 bits per heavy atom. The van der Waals surface area contributed by atoms with Gasteiger partial charge in [0, 0.05) is 32.2 Å². The summed E-state index contributed by atoms with van der Waals surface area (Å²) in [6, 6.07) is 26.9. The van der Waals surface area contributed by atoms with Crippen molar-refractivity contribution in [2.24, 2.45) is 0 Å². The van der Waals surface area contributed by atoms with Crippen LogP contribution in [0.4, 0.5) is 9.59 Å². The van der Waals surface area contributed by atoms with E-state index in [1.807, 2.05) is 91.0 Å². The van der Waals surface area contributed by atoms with Crippen molar-refractivity contribution >= 4 is 12.1 Å². The summed E-state index contributed by atoms with van der Waals surface area (Å²) in [6.07, 6.45) is -2.76. The van der Waals surface area contributed by atoms with Crippen LogP contribution in [-0.4, -0.2) is 82.1 Å². The van der Waals surface area contributed by atoms with Crippen molar-refractivity contribution in [3.05, 3.63) is 108 Å². The van der Waals surface area contributed by atoms with Gasteiger partial charge < -0.3 is 40.5 Å². The van der Waals surface area contributed by atoms with Gasteiger partial charge in [-0.1, -0.05) is 91.0 Å². The molecule has 0 heterocycles. The minimum absolute atomic E-state index is 0.0222. The van der Waals surface area contributed by atoms with Crippen LogP contribution in [0.15, 0.2) is 91.0 Å². The van der Waals surface area contributed by atoms with Gasteiger partial charge in [-0.15, -0.1) is 0 Å². The largest absolute Gasteiger partial charge is 0.530 e. The molecule has 3 aromatic carbocycles. The molecule has 232 valence electrons. The molecular weight excluding hydrogens is 544 g/mol. The third-order valence-electron chi connectivity index (χ3n) is 7.37. The Labute approximate surface area is 255 Å². The fraction of sp³-hybridized carbons (Fsp3) is 0.412. The minimum atomic E-state index is -1.36. The van der Waals surface area contributed by atoms with Gasteiger partial charge in [0.05, 0.1) is 24.3 Å². The molecule has 43 heavy (non-hydrogen) atoms. The number of carbonyl (C=O) groups excluding carboxylic acids is 2. The zero-order valence-electron chi connectivity index (χ0n) is 25.5. The van der Waals surface area contributed by atoms with Crippen LogP contribution in [0, 0.1) is 0 Å². The summed E-state index contributed by atoms with van der Waals surface area (Å²) in [6.45, 7) is 5.78. The number of hydrogen-bond acceptors (Lipinski definition) is 6. The maximum atomic E-state index is 13.1. The van der Waals surface area contributed by atoms with Crippen LogP contribution in [0.1, 0.15) is 37.5 Å². The Bertz CT molecular complexity index is 1250. The van der Waals surface area contributed by atoms with E-state index in [1.165, 1.54) is 4.90 Å². The molecule has 4 N–H and O–H groups in total. The summed E-state index contributed by atoms with van der Waals surface area (Å²) in [5, 5.41) is 40.7. The van der Waals surface area contributed by atoms with E-state index >= 15 is 0 Å². The van der Waals surface area contributed by atoms with Crippen LogP contribution < -0.4 is 15.7 Å². The zero-order valence-corrected chi connectivity index (χ0v) is 25.5. The van der Waals surface area contributed by atoms with Crippen molar-refractivity contribution in [2.45, 2.75) is 70.0 Å². The smallest absolute Gasteiger partial charge is 0.317 e. The average molecular weight is 590 g/mol. The lowest BCUT2D eigenvalue weighted by Crippen LogP contribution is -2.62. The molecule has 4 atom stereocenters. The maximum absolute atomic E-state index is 13.1. The van der Waals surface area contributed by atoms with Crippen molar-refractivity contribution in [3.63, 3.8) is 0 Å². The first-order valence-electron chi connectivity index (χ1n) is 14.7. The van der Waals surface area contributed by atoms with Crippen molar-refractivity contribution in [2.75, 3.05) is 20.1 Å². The molecule has 9 heteroatoms. The summed E-state index contributed by atoms with van der Waals surface area (Å²) in [5.41, 5.74) is 2.01. The first-order chi connectivity index (χ1) is 20.5. The Hall–Kier alpha value is -3.92. The quantitative estimate of drug-likeness (QED) is 0.229. The average Bonchev–Trinajstić information content (AvgIpc) is 2.97. The third kappa shape index (κ3) is 10.7. The fourth-order valence-corrected chi connectivity index (χ4v) is 5.17. The zero-order chi connectivity index (χ0) is 31.4. The second kappa shape index (κ2) is 16.1. The monoisotopic (exact) mass is 589 g/mol. The molecule has 0 aromatic heterocycles. The van der Waals surface area contributed by atoms with E-state index in [9.17, 15) is 24.9 Å². The maximum Gasteiger partial charge on any atom is 0.317 e. The first-order valence-corrected chi connectivity index (χ1v) is 14.7. The highest BCUT2D eigenvalue weighted by Gasteiger charge is 2.34. The fourth-order valence-electron chi connectivity index (χ4n) is 5.17. The molecule has 0 bridgehead atoms. The highest BCUT2D eigenvalue weighted by atomic mass is 16.4. The minimum Gasteiger partial charge on any atom is -0.530 e. The highest BCUT2D eigenvalue weighted by Crippen LogP contribution is 2.22. The Morgan fingerprint density at radius 2 is 1.23 bits per heavy atom. The summed E-state index contributed by atoms with van der Waals surface area (Å²) in [5.74, 6) is 0. The molecule has 9 nitrogen and oxygen atoms in total. The number of hydrogen-bond donors (Lipinski definition) is 4. The van der Waals surface area contributed by atoms with Gasteiger partial charge in [0.25, 0.3) is 0 Å². The van der Waals surface area contributed by atoms with E-state index in [-0.39, 0.29) is 25.5 Å². The molecule has 0 aliphatic rings. The molecule has 0 aliphatic carbocycles. The predicted molar refractivity (Wildman–Crippen MR) is 166 cm³/mol. The SMILES string of the molecule is CN(Cc1ccccc1)C(=O)N[C@@H](Cc1ccccc1)[C@H](O)CNC[C@@H](O)[C@H](Cc1ccccc1)N(C(=O)[O-])C(C)(C)C. The molecule has 0 unspecified atom stereocenters. The summed E-state index contributed by atoms with van der Waals surface area (Å²) in [7, 11) is 1.70. The van der Waals surface area contributed by atoms with Gasteiger partial charge in [-0.3, -0.25) is 0 Å². The van der Waals surface area contributed by atoms with Gasteiger partial charge in [0.15, 0.2) is 0 Å². The normalized spacial score (nSPS) is 14.3. The van der Waals surface area contributed by atoms with Crippen LogP contribution in [0.25, 0.3) is 0 Å². The number of aliphatic hydroxyl groups is 2. The lowest BCUT2D eigenvalue weighted by Gasteiger charge is -2.45. The van der Waals surface area contributed by atoms with E-state index in [2.05, 4.69) is 10.6 Å². The van der Waals surface area contributed by atoms with Crippen LogP contribution in [0.3, 0.4) is 0 Å². The standard InChI is InChI=1S/C34H46N4O5/c1-34(2,3)38(33(42)43)29(21-26-16-10-6-11-17-26)31(40)23-35-22-30(39)28(20-25-14-8-5-9-15-25)36-32(41)37(4)24-27-18-12-7-13-19-27/h5-19,28-31,35,39-40H,20-24H2,1-4H3,(H,36,41)(H,42,43)/p-1/t28-,29-,30+,31+/m0/s1. The predicted octanol–water partition coefficient (Wildman–Crippen LogP) is 2.81. The molecule has 0 radical (unpaired) electrons. The number of benzene rings is 3. The van der Waals surface area contributed by atoms with Crippen molar-refractivity contribution in [3.8, 4) is 0 Å². The molecule has 0 spiro atoms. The number of amides is 3. The Kier molecular flexibility index (Phi) is 12.5. The van der Waals surface area contributed by atoms with Gasteiger partial charge in [-0.05, 0) is 50.3 Å². The number of nitrogens with one attached hydrogen (secondary N) is 2. The summed E-state index contributed by atoms with van der Waals surface area (Å²) < 4.78 is 0. The number of carboxylic acid groups (broad SMARTS) is 1. The molecule has 0 saturated heterocycles. The van der Waals surface area contributed by atoms with Gasteiger partial charge in [-0.25, -0.2) is 4.79 Å². The van der Waals surface area contributed by atoms with Gasteiger partial charge in [-0.2, -0.15) is 0 Å². The molecule has 3 aromatic rings. The molecule has 3 rings (SSSR count). The van der Waals surface area contributed by atoms with Crippen LogP contribution >= 0.6 is 0 Å². The Balaban J connectivity index is 1.68. The molecule has 0 aliphatic heterocycles. The second-order valence-corrected chi connectivity index (χ2v) is 11.9. The van der Waals surface area contributed by atoms with Crippen molar-refractivity contribution in [1.29, 1.82) is 0 Å². The van der Waals surface area contributed by atoms with Crippen molar-refractivity contribution in [1.82, 2.24) is 20.4 Å². The topological polar surface area (TPSA) is 128 Å². The molecule has 0 saturated carbocycles. The number of urea groups is 1. The van der Waals surface area contributed by atoms with Crippen LogP contribution in [-0.2, 0) is 19.4 Å². The lowest BCUT2D eigenvalue weighted by atomic mass is 9.94. The molecule has 0 fully saturated rings.